The van der Waals surface area contributed by atoms with Gasteiger partial charge in [-0.05, 0) is 80.3 Å². The number of halogens is 4. The molecule has 0 amide bonds. The first-order valence-corrected chi connectivity index (χ1v) is 11.7. The van der Waals surface area contributed by atoms with E-state index in [1.54, 1.807) is 0 Å². The summed E-state index contributed by atoms with van der Waals surface area (Å²) in [6, 6.07) is 11.1. The molecule has 2 heterocycles. The molecular weight excluding hydrogens is 475 g/mol. The zero-order valence-electron chi connectivity index (χ0n) is 20.0. The van der Waals surface area contributed by atoms with Crippen molar-refractivity contribution in [1.29, 1.82) is 0 Å². The summed E-state index contributed by atoms with van der Waals surface area (Å²) in [4.78, 5) is 15.2. The molecule has 8 heteroatoms. The summed E-state index contributed by atoms with van der Waals surface area (Å²) in [5, 5.41) is 4.84. The van der Waals surface area contributed by atoms with Crippen molar-refractivity contribution in [2.24, 2.45) is 0 Å². The smallest absolute Gasteiger partial charge is 0.343 e. The number of pyridine rings is 1. The summed E-state index contributed by atoms with van der Waals surface area (Å²) >= 11 is 6.63. The molecular formula is C27H27ClF3N3O. The summed E-state index contributed by atoms with van der Waals surface area (Å²) in [5.41, 5.74) is 4.86. The molecule has 4 aromatic rings. The van der Waals surface area contributed by atoms with Crippen molar-refractivity contribution in [3.8, 4) is 11.1 Å². The van der Waals surface area contributed by atoms with E-state index in [2.05, 4.69) is 14.9 Å². The second-order valence-corrected chi connectivity index (χ2v) is 9.54. The first-order valence-electron chi connectivity index (χ1n) is 11.4. The topological polar surface area (TPSA) is 49.8 Å². The maximum atomic E-state index is 13.0. The molecule has 0 aliphatic carbocycles. The van der Waals surface area contributed by atoms with E-state index in [9.17, 15) is 18.0 Å². The normalized spacial score (nSPS) is 12.1. The zero-order chi connectivity index (χ0) is 25.5. The first-order chi connectivity index (χ1) is 16.5. The lowest BCUT2D eigenvalue weighted by Gasteiger charge is -2.14. The lowest BCUT2D eigenvalue weighted by molar-refractivity contribution is -0.137. The number of H-pyrrole nitrogens is 1. The molecule has 0 spiro atoms. The second kappa shape index (κ2) is 9.55. The Morgan fingerprint density at radius 3 is 2.31 bits per heavy atom. The van der Waals surface area contributed by atoms with Gasteiger partial charge in [-0.2, -0.15) is 13.2 Å². The van der Waals surface area contributed by atoms with Crippen molar-refractivity contribution in [3.63, 3.8) is 0 Å². The molecule has 2 aromatic heterocycles. The van der Waals surface area contributed by atoms with Crippen molar-refractivity contribution in [2.45, 2.75) is 53.0 Å². The van der Waals surface area contributed by atoms with E-state index in [0.717, 1.165) is 45.4 Å². The molecule has 2 aromatic carbocycles. The maximum Gasteiger partial charge on any atom is 0.416 e. The van der Waals surface area contributed by atoms with E-state index < -0.39 is 11.7 Å². The lowest BCUT2D eigenvalue weighted by atomic mass is 9.98. The van der Waals surface area contributed by atoms with Gasteiger partial charge < -0.3 is 14.9 Å². The van der Waals surface area contributed by atoms with Gasteiger partial charge in [0.2, 0.25) is 0 Å². The number of aromatic amines is 1. The fourth-order valence-corrected chi connectivity index (χ4v) is 4.75. The third kappa shape index (κ3) is 5.16. The third-order valence-electron chi connectivity index (χ3n) is 6.18. The highest BCUT2D eigenvalue weighted by molar-refractivity contribution is 6.36. The van der Waals surface area contributed by atoms with Crippen molar-refractivity contribution < 1.29 is 13.2 Å². The summed E-state index contributed by atoms with van der Waals surface area (Å²) in [5.74, 6) is 0. The molecule has 2 N–H and O–H groups in total. The van der Waals surface area contributed by atoms with Crippen LogP contribution in [0.25, 0.3) is 22.0 Å². The number of nitrogens with one attached hydrogen (secondary N) is 2. The van der Waals surface area contributed by atoms with E-state index >= 15 is 0 Å². The van der Waals surface area contributed by atoms with E-state index in [1.807, 2.05) is 52.1 Å². The van der Waals surface area contributed by atoms with Crippen LogP contribution in [0.5, 0.6) is 0 Å². The molecule has 0 atom stereocenters. The number of rotatable bonds is 6. The molecule has 0 radical (unpaired) electrons. The average molecular weight is 502 g/mol. The van der Waals surface area contributed by atoms with Gasteiger partial charge in [0.1, 0.15) is 0 Å². The van der Waals surface area contributed by atoms with Crippen molar-refractivity contribution >= 4 is 22.5 Å². The third-order valence-corrected chi connectivity index (χ3v) is 6.47. The van der Waals surface area contributed by atoms with Crippen LogP contribution in [-0.4, -0.2) is 9.55 Å². The molecule has 0 unspecified atom stereocenters. The Labute approximate surface area is 206 Å². The van der Waals surface area contributed by atoms with E-state index in [-0.39, 0.29) is 11.6 Å². The van der Waals surface area contributed by atoms with Crippen molar-refractivity contribution in [1.82, 2.24) is 14.9 Å². The first kappa shape index (κ1) is 25.1. The van der Waals surface area contributed by atoms with Gasteiger partial charge in [0, 0.05) is 42.0 Å². The van der Waals surface area contributed by atoms with Crippen LogP contribution in [0.3, 0.4) is 0 Å². The summed E-state index contributed by atoms with van der Waals surface area (Å²) in [6.45, 7) is 8.64. The molecule has 35 heavy (non-hydrogen) atoms. The number of benzene rings is 2. The Balaban J connectivity index is 1.74. The molecule has 0 saturated carbocycles. The highest BCUT2D eigenvalue weighted by Crippen LogP contribution is 2.36. The van der Waals surface area contributed by atoms with Gasteiger partial charge >= 0.3 is 6.18 Å². The van der Waals surface area contributed by atoms with E-state index in [0.29, 0.717) is 29.2 Å². The van der Waals surface area contributed by atoms with Gasteiger partial charge in [-0.25, -0.2) is 0 Å². The quantitative estimate of drug-likeness (QED) is 0.294. The van der Waals surface area contributed by atoms with Gasteiger partial charge in [0.15, 0.2) is 0 Å². The lowest BCUT2D eigenvalue weighted by Crippen LogP contribution is -2.22. The van der Waals surface area contributed by atoms with Crippen LogP contribution in [0.1, 0.15) is 47.8 Å². The number of aromatic nitrogens is 2. The van der Waals surface area contributed by atoms with Gasteiger partial charge in [0.25, 0.3) is 5.56 Å². The zero-order valence-corrected chi connectivity index (χ0v) is 20.7. The molecule has 0 aliphatic heterocycles. The number of hydrogen-bond donors (Lipinski definition) is 2. The minimum absolute atomic E-state index is 0.123. The predicted octanol–water partition coefficient (Wildman–Crippen LogP) is 7.16. The minimum Gasteiger partial charge on any atom is -0.343 e. The van der Waals surface area contributed by atoms with Gasteiger partial charge in [-0.1, -0.05) is 23.7 Å². The molecule has 4 rings (SSSR count). The molecule has 0 fully saturated rings. The van der Waals surface area contributed by atoms with Crippen molar-refractivity contribution in [3.05, 3.63) is 92.0 Å². The Morgan fingerprint density at radius 2 is 1.71 bits per heavy atom. The highest BCUT2D eigenvalue weighted by atomic mass is 35.5. The summed E-state index contributed by atoms with van der Waals surface area (Å²) in [6.07, 6.45) is -2.50. The van der Waals surface area contributed by atoms with Crippen LogP contribution in [0.15, 0.2) is 53.5 Å². The fourth-order valence-electron chi connectivity index (χ4n) is 4.43. The van der Waals surface area contributed by atoms with E-state index in [1.165, 1.54) is 12.1 Å². The fraction of sp³-hybridized carbons (Fsp3) is 0.296. The van der Waals surface area contributed by atoms with Crippen LogP contribution in [0.4, 0.5) is 13.2 Å². The number of nitrogens with zero attached hydrogens (tertiary/aromatic N) is 1. The van der Waals surface area contributed by atoms with Crippen molar-refractivity contribution in [2.75, 3.05) is 0 Å². The van der Waals surface area contributed by atoms with Gasteiger partial charge in [-0.3, -0.25) is 4.79 Å². The Morgan fingerprint density at radius 1 is 1.03 bits per heavy atom. The Bertz CT molecular complexity index is 1430. The Kier molecular flexibility index (Phi) is 6.84. The van der Waals surface area contributed by atoms with Crippen LogP contribution in [0.2, 0.25) is 5.02 Å². The van der Waals surface area contributed by atoms with Gasteiger partial charge in [-0.15, -0.1) is 0 Å². The molecule has 0 saturated heterocycles. The predicted molar refractivity (Wildman–Crippen MR) is 135 cm³/mol. The monoisotopic (exact) mass is 501 g/mol. The summed E-state index contributed by atoms with van der Waals surface area (Å²) in [7, 11) is 0. The number of alkyl halides is 3. The minimum atomic E-state index is -4.39. The van der Waals surface area contributed by atoms with Gasteiger partial charge in [0.05, 0.1) is 16.1 Å². The number of fused-ring (bicyclic) bond motifs is 1. The van der Waals surface area contributed by atoms with Crippen LogP contribution >= 0.6 is 11.6 Å². The molecule has 4 nitrogen and oxygen atoms in total. The number of hydrogen-bond acceptors (Lipinski definition) is 2. The van der Waals surface area contributed by atoms with Crippen LogP contribution in [-0.2, 0) is 19.3 Å². The molecule has 0 bridgehead atoms. The molecule has 0 aliphatic rings. The Hall–Kier alpha value is -3.03. The highest BCUT2D eigenvalue weighted by Gasteiger charge is 2.30. The second-order valence-electron chi connectivity index (χ2n) is 9.13. The SMILES string of the molecule is Cc1cc(C)c(CNCc2cc(-c3ccc(C(F)(F)F)cc3)cc3c2c(Cl)cn3C(C)C)c(=O)[nH]1. The van der Waals surface area contributed by atoms with E-state index in [4.69, 9.17) is 11.6 Å². The van der Waals surface area contributed by atoms with Crippen LogP contribution in [0, 0.1) is 13.8 Å². The van der Waals surface area contributed by atoms with Crippen LogP contribution < -0.4 is 10.9 Å². The average Bonchev–Trinajstić information content (AvgIpc) is 3.12. The standard InChI is InChI=1S/C27H27ClF3N3O/c1-15(2)34-14-23(28)25-20(12-32-13-22-16(3)9-17(4)33-26(22)35)10-19(11-24(25)34)18-5-7-21(8-6-18)27(29,30)31/h5-11,14-15,32H,12-13H2,1-4H3,(H,33,35). The largest absolute Gasteiger partial charge is 0.416 e. The summed E-state index contributed by atoms with van der Waals surface area (Å²) < 4.78 is 41.2. The number of aryl methyl sites for hydroxylation is 2. The molecule has 184 valence electrons. The maximum absolute atomic E-state index is 13.0.